The van der Waals surface area contributed by atoms with E-state index in [1.807, 2.05) is 19.0 Å². The van der Waals surface area contributed by atoms with Crippen molar-refractivity contribution in [1.82, 2.24) is 9.88 Å². The van der Waals surface area contributed by atoms with Crippen LogP contribution < -0.4 is 4.90 Å². The van der Waals surface area contributed by atoms with Crippen LogP contribution in [-0.2, 0) is 14.9 Å². The number of anilines is 1. The van der Waals surface area contributed by atoms with Crippen LogP contribution in [0.5, 0.6) is 0 Å². The van der Waals surface area contributed by atoms with Crippen molar-refractivity contribution in [3.8, 4) is 0 Å². The summed E-state index contributed by atoms with van der Waals surface area (Å²) in [4.78, 5) is 33.9. The molecule has 1 saturated heterocycles. The van der Waals surface area contributed by atoms with Gasteiger partial charge in [0.1, 0.15) is 10.9 Å². The Labute approximate surface area is 209 Å². The monoisotopic (exact) mass is 554 g/mol. The molecule has 11 heteroatoms. The van der Waals surface area contributed by atoms with Crippen molar-refractivity contribution < 1.29 is 18.8 Å². The van der Waals surface area contributed by atoms with E-state index in [4.69, 9.17) is 16.3 Å². The number of hydrogen-bond acceptors (Lipinski definition) is 7. The number of hydrogen-bond donors (Lipinski definition) is 0. The number of esters is 1. The molecule has 0 amide bonds. The van der Waals surface area contributed by atoms with Gasteiger partial charge in [0.05, 0.1) is 27.1 Å². The number of halogens is 3. The molecule has 2 saturated carbocycles. The van der Waals surface area contributed by atoms with E-state index in [2.05, 4.69) is 20.9 Å². The number of methoxy groups -OCH3 is 1. The summed E-state index contributed by atoms with van der Waals surface area (Å²) in [6, 6.07) is 1.68. The minimum Gasteiger partial charge on any atom is -0.468 e. The molecule has 0 spiro atoms. The maximum absolute atomic E-state index is 15.5. The number of fused-ring (bicyclic) bond motifs is 3. The Balaban J connectivity index is 1.86. The second kappa shape index (κ2) is 8.27. The Morgan fingerprint density at radius 3 is 2.65 bits per heavy atom. The van der Waals surface area contributed by atoms with Gasteiger partial charge in [-0.1, -0.05) is 18.0 Å². The third kappa shape index (κ3) is 3.25. The van der Waals surface area contributed by atoms with E-state index in [1.54, 1.807) is 4.90 Å². The highest BCUT2D eigenvalue weighted by molar-refractivity contribution is 9.10. The van der Waals surface area contributed by atoms with Gasteiger partial charge < -0.3 is 14.5 Å². The molecule has 5 rings (SSSR count). The Hall–Kier alpha value is -2.04. The van der Waals surface area contributed by atoms with Gasteiger partial charge >= 0.3 is 11.7 Å². The number of benzene rings is 1. The molecule has 2 heterocycles. The zero-order valence-electron chi connectivity index (χ0n) is 19.1. The van der Waals surface area contributed by atoms with Gasteiger partial charge in [0.15, 0.2) is 5.82 Å². The molecular weight excluding hydrogens is 531 g/mol. The maximum atomic E-state index is 15.5. The van der Waals surface area contributed by atoms with Gasteiger partial charge in [-0.3, -0.25) is 14.9 Å². The summed E-state index contributed by atoms with van der Waals surface area (Å²) in [5, 5.41) is 12.9. The number of carbonyl (C=O) groups excluding carboxylic acids is 1. The van der Waals surface area contributed by atoms with Crippen molar-refractivity contribution in [2.24, 2.45) is 11.8 Å². The van der Waals surface area contributed by atoms with Gasteiger partial charge in [-0.15, -0.1) is 0 Å². The SMILES string of the molecule is COC(=O)C1(c2c([N+](=O)[O-])c(N3CC(N(C)C)C3)nc3c(F)c(Br)c(Cl)cc23)CC2CCC1C2. The predicted octanol–water partition coefficient (Wildman–Crippen LogP) is 4.68. The molecule has 3 atom stereocenters. The summed E-state index contributed by atoms with van der Waals surface area (Å²) in [5.74, 6) is -1.00. The molecule has 182 valence electrons. The summed E-state index contributed by atoms with van der Waals surface area (Å²) < 4.78 is 20.8. The lowest BCUT2D eigenvalue weighted by Crippen LogP contribution is -2.58. The van der Waals surface area contributed by atoms with Gasteiger partial charge in [-0.25, -0.2) is 9.37 Å². The molecule has 2 bridgehead atoms. The van der Waals surface area contributed by atoms with Gasteiger partial charge in [0.2, 0.25) is 5.82 Å². The summed E-state index contributed by atoms with van der Waals surface area (Å²) in [5.41, 5.74) is -1.34. The number of ether oxygens (including phenoxy) is 1. The zero-order valence-corrected chi connectivity index (χ0v) is 21.4. The maximum Gasteiger partial charge on any atom is 0.316 e. The van der Waals surface area contributed by atoms with Crippen LogP contribution in [0.3, 0.4) is 0 Å². The first-order chi connectivity index (χ1) is 16.1. The van der Waals surface area contributed by atoms with E-state index < -0.39 is 22.1 Å². The summed E-state index contributed by atoms with van der Waals surface area (Å²) in [6.07, 6.45) is 2.93. The Bertz CT molecular complexity index is 1220. The fraction of sp³-hybridized carbons (Fsp3) is 0.565. The number of pyridine rings is 1. The fourth-order valence-corrected chi connectivity index (χ4v) is 6.75. The van der Waals surface area contributed by atoms with Crippen LogP contribution in [0.15, 0.2) is 10.5 Å². The molecule has 0 N–H and O–H groups in total. The highest BCUT2D eigenvalue weighted by atomic mass is 79.9. The first-order valence-electron chi connectivity index (χ1n) is 11.3. The van der Waals surface area contributed by atoms with Crippen molar-refractivity contribution >= 4 is 55.9 Å². The van der Waals surface area contributed by atoms with Crippen LogP contribution in [0.2, 0.25) is 5.02 Å². The standard InChI is InChI=1S/C23H25BrClFN4O4/c1-28(2)13-9-29(10-13)21-20(30(32)33)16(14-7-15(25)17(24)18(26)19(14)27-21)23(22(31)34-3)8-11-4-5-12(23)6-11/h7,11-13H,4-6,8-10H2,1-3H3. The molecule has 34 heavy (non-hydrogen) atoms. The lowest BCUT2D eigenvalue weighted by Gasteiger charge is -2.44. The summed E-state index contributed by atoms with van der Waals surface area (Å²) in [6.45, 7) is 1.03. The van der Waals surface area contributed by atoms with Crippen molar-refractivity contribution in [3.05, 3.63) is 37.1 Å². The van der Waals surface area contributed by atoms with Crippen LogP contribution in [0.4, 0.5) is 15.9 Å². The quantitative estimate of drug-likeness (QED) is 0.229. The van der Waals surface area contributed by atoms with Crippen molar-refractivity contribution in [2.75, 3.05) is 39.2 Å². The van der Waals surface area contributed by atoms with E-state index in [9.17, 15) is 14.9 Å². The minimum absolute atomic E-state index is 0.0359. The van der Waals surface area contributed by atoms with Crippen LogP contribution in [0.1, 0.15) is 31.2 Å². The van der Waals surface area contributed by atoms with Crippen molar-refractivity contribution in [2.45, 2.75) is 37.1 Å². The van der Waals surface area contributed by atoms with Crippen molar-refractivity contribution in [1.29, 1.82) is 0 Å². The summed E-state index contributed by atoms with van der Waals surface area (Å²) in [7, 11) is 5.18. The predicted molar refractivity (Wildman–Crippen MR) is 130 cm³/mol. The lowest BCUT2D eigenvalue weighted by molar-refractivity contribution is -0.385. The van der Waals surface area contributed by atoms with Crippen molar-refractivity contribution in [3.63, 3.8) is 0 Å². The number of nitrogens with zero attached hydrogens (tertiary/aromatic N) is 4. The molecule has 2 aliphatic carbocycles. The van der Waals surface area contributed by atoms with Crippen LogP contribution in [0, 0.1) is 27.8 Å². The normalized spacial score (nSPS) is 26.4. The minimum atomic E-state index is -1.24. The smallest absolute Gasteiger partial charge is 0.316 e. The molecular formula is C23H25BrClFN4O4. The lowest BCUT2D eigenvalue weighted by atomic mass is 9.66. The zero-order chi connectivity index (χ0) is 24.5. The molecule has 8 nitrogen and oxygen atoms in total. The highest BCUT2D eigenvalue weighted by Gasteiger charge is 2.61. The third-order valence-electron chi connectivity index (χ3n) is 7.99. The Morgan fingerprint density at radius 1 is 1.41 bits per heavy atom. The largest absolute Gasteiger partial charge is 0.468 e. The van der Waals surface area contributed by atoms with E-state index in [0.717, 1.165) is 19.3 Å². The highest BCUT2D eigenvalue weighted by Crippen LogP contribution is 2.61. The van der Waals surface area contributed by atoms with Gasteiger partial charge in [0, 0.05) is 24.5 Å². The molecule has 3 unspecified atom stereocenters. The second-order valence-corrected chi connectivity index (χ2v) is 11.1. The van der Waals surface area contributed by atoms with Crippen LogP contribution in [-0.4, -0.2) is 61.1 Å². The number of rotatable bonds is 5. The Kier molecular flexibility index (Phi) is 5.76. The molecule has 1 aromatic heterocycles. The summed E-state index contributed by atoms with van der Waals surface area (Å²) >= 11 is 9.49. The number of nitro groups is 1. The van der Waals surface area contributed by atoms with E-state index in [0.29, 0.717) is 19.5 Å². The molecule has 1 aliphatic heterocycles. The topological polar surface area (TPSA) is 88.8 Å². The molecule has 1 aromatic carbocycles. The number of aromatic nitrogens is 1. The van der Waals surface area contributed by atoms with Gasteiger partial charge in [0.25, 0.3) is 0 Å². The number of likely N-dealkylation sites (N-methyl/N-ethyl adjacent to an activating group) is 1. The molecule has 0 radical (unpaired) electrons. The second-order valence-electron chi connectivity index (χ2n) is 9.86. The third-order valence-corrected chi connectivity index (χ3v) is 9.29. The van der Waals surface area contributed by atoms with Gasteiger partial charge in [-0.2, -0.15) is 0 Å². The first kappa shape index (κ1) is 23.7. The van der Waals surface area contributed by atoms with E-state index in [1.165, 1.54) is 13.2 Å². The fourth-order valence-electron chi connectivity index (χ4n) is 6.25. The average molecular weight is 556 g/mol. The number of carbonyl (C=O) groups is 1. The molecule has 2 aromatic rings. The molecule has 3 aliphatic rings. The Morgan fingerprint density at radius 2 is 2.12 bits per heavy atom. The molecule has 3 fully saturated rings. The van der Waals surface area contributed by atoms with Crippen LogP contribution in [0.25, 0.3) is 10.9 Å². The van der Waals surface area contributed by atoms with E-state index >= 15 is 4.39 Å². The average Bonchev–Trinajstić information content (AvgIpc) is 3.37. The van der Waals surface area contributed by atoms with Gasteiger partial charge in [-0.05, 0) is 67.2 Å². The van der Waals surface area contributed by atoms with E-state index in [-0.39, 0.29) is 55.3 Å². The first-order valence-corrected chi connectivity index (χ1v) is 12.4. The van der Waals surface area contributed by atoms with Crippen LogP contribution >= 0.6 is 27.5 Å².